The van der Waals surface area contributed by atoms with Gasteiger partial charge in [0.05, 0.1) is 7.11 Å². The van der Waals surface area contributed by atoms with Gasteiger partial charge in [-0.2, -0.15) is 0 Å². The first-order chi connectivity index (χ1) is 7.10. The molecule has 0 rings (SSSR count). The number of hydrogen-bond acceptors (Lipinski definition) is 5. The van der Waals surface area contributed by atoms with Gasteiger partial charge in [-0.05, 0) is 0 Å². The van der Waals surface area contributed by atoms with E-state index in [1.807, 2.05) is 0 Å². The van der Waals surface area contributed by atoms with Crippen LogP contribution in [0.1, 0.15) is 19.8 Å². The quantitative estimate of drug-likeness (QED) is 0.407. The largest absolute Gasteiger partial charge is 0.469 e. The molecule has 0 aromatic rings. The Bertz CT molecular complexity index is 242. The normalized spacial score (nSPS) is 9.47. The van der Waals surface area contributed by atoms with E-state index in [1.165, 1.54) is 7.11 Å². The standard InChI is InChI=1S/C9H15NO4S/c1-3-7(11)10-4-5-15-9(13)6-8(12)14-2/h3-6H2,1-2H3,(H,10,11). The van der Waals surface area contributed by atoms with Gasteiger partial charge in [-0.3, -0.25) is 14.4 Å². The Morgan fingerprint density at radius 1 is 1.33 bits per heavy atom. The van der Waals surface area contributed by atoms with Crippen molar-refractivity contribution in [2.24, 2.45) is 0 Å². The number of hydrogen-bond donors (Lipinski definition) is 1. The van der Waals surface area contributed by atoms with Gasteiger partial charge in [-0.1, -0.05) is 18.7 Å². The predicted molar refractivity (Wildman–Crippen MR) is 57.4 cm³/mol. The Morgan fingerprint density at radius 2 is 2.00 bits per heavy atom. The maximum absolute atomic E-state index is 11.1. The van der Waals surface area contributed by atoms with Crippen molar-refractivity contribution in [2.45, 2.75) is 19.8 Å². The van der Waals surface area contributed by atoms with Crippen LogP contribution in [0.25, 0.3) is 0 Å². The van der Waals surface area contributed by atoms with Gasteiger partial charge in [-0.25, -0.2) is 0 Å². The van der Waals surface area contributed by atoms with Crippen molar-refractivity contribution in [1.82, 2.24) is 5.32 Å². The van der Waals surface area contributed by atoms with Gasteiger partial charge in [0, 0.05) is 18.7 Å². The minimum absolute atomic E-state index is 0.0454. The summed E-state index contributed by atoms with van der Waals surface area (Å²) in [4.78, 5) is 32.6. The first-order valence-electron chi connectivity index (χ1n) is 4.59. The van der Waals surface area contributed by atoms with Crippen molar-refractivity contribution in [2.75, 3.05) is 19.4 Å². The molecule has 0 bridgehead atoms. The van der Waals surface area contributed by atoms with Crippen LogP contribution in [0, 0.1) is 0 Å². The molecule has 86 valence electrons. The first kappa shape index (κ1) is 14.0. The zero-order valence-electron chi connectivity index (χ0n) is 8.87. The molecule has 0 saturated carbocycles. The lowest BCUT2D eigenvalue weighted by molar-refractivity contribution is -0.142. The molecule has 6 heteroatoms. The molecule has 0 aliphatic heterocycles. The van der Waals surface area contributed by atoms with Gasteiger partial charge in [0.2, 0.25) is 5.91 Å². The summed E-state index contributed by atoms with van der Waals surface area (Å²) in [6.45, 7) is 2.19. The summed E-state index contributed by atoms with van der Waals surface area (Å²) in [5.41, 5.74) is 0. The highest BCUT2D eigenvalue weighted by atomic mass is 32.2. The molecule has 15 heavy (non-hydrogen) atoms. The zero-order chi connectivity index (χ0) is 11.7. The molecule has 1 amide bonds. The van der Waals surface area contributed by atoms with Gasteiger partial charge < -0.3 is 10.1 Å². The fourth-order valence-electron chi connectivity index (χ4n) is 0.721. The number of rotatable bonds is 6. The summed E-state index contributed by atoms with van der Waals surface area (Å²) in [6.07, 6.45) is 0.212. The lowest BCUT2D eigenvalue weighted by atomic mass is 10.4. The Labute approximate surface area is 92.9 Å². The lowest BCUT2D eigenvalue weighted by Gasteiger charge is -2.02. The van der Waals surface area contributed by atoms with Gasteiger partial charge in [0.15, 0.2) is 5.12 Å². The van der Waals surface area contributed by atoms with E-state index in [-0.39, 0.29) is 17.4 Å². The number of amides is 1. The van der Waals surface area contributed by atoms with Crippen molar-refractivity contribution in [3.8, 4) is 0 Å². The summed E-state index contributed by atoms with van der Waals surface area (Å²) in [6, 6.07) is 0. The second kappa shape index (κ2) is 8.28. The molecule has 1 N–H and O–H groups in total. The highest BCUT2D eigenvalue weighted by molar-refractivity contribution is 8.13. The third kappa shape index (κ3) is 7.99. The molecule has 0 heterocycles. The molecule has 0 aromatic carbocycles. The summed E-state index contributed by atoms with van der Waals surface area (Å²) in [7, 11) is 1.24. The maximum Gasteiger partial charge on any atom is 0.313 e. The highest BCUT2D eigenvalue weighted by Gasteiger charge is 2.09. The molecule has 5 nitrogen and oxygen atoms in total. The van der Waals surface area contributed by atoms with Crippen molar-refractivity contribution < 1.29 is 19.1 Å². The van der Waals surface area contributed by atoms with Crippen LogP contribution in [0.3, 0.4) is 0 Å². The average molecular weight is 233 g/mol. The summed E-state index contributed by atoms with van der Waals surface area (Å²) in [5, 5.41) is 2.38. The topological polar surface area (TPSA) is 72.5 Å². The molecule has 0 spiro atoms. The van der Waals surface area contributed by atoms with E-state index >= 15 is 0 Å². The van der Waals surface area contributed by atoms with Crippen LogP contribution in [-0.4, -0.2) is 36.4 Å². The van der Waals surface area contributed by atoms with Crippen LogP contribution < -0.4 is 5.32 Å². The van der Waals surface area contributed by atoms with Gasteiger partial charge in [-0.15, -0.1) is 0 Å². The minimum Gasteiger partial charge on any atom is -0.469 e. The highest BCUT2D eigenvalue weighted by Crippen LogP contribution is 2.04. The zero-order valence-corrected chi connectivity index (χ0v) is 9.69. The van der Waals surface area contributed by atoms with Crippen LogP contribution in [0.15, 0.2) is 0 Å². The van der Waals surface area contributed by atoms with Crippen LogP contribution >= 0.6 is 11.8 Å². The molecule has 0 aliphatic carbocycles. The Kier molecular flexibility index (Phi) is 7.71. The number of nitrogens with one attached hydrogen (secondary N) is 1. The summed E-state index contributed by atoms with van der Waals surface area (Å²) < 4.78 is 4.34. The number of carbonyl (C=O) groups excluding carboxylic acids is 3. The van der Waals surface area contributed by atoms with Crippen molar-refractivity contribution in [3.05, 3.63) is 0 Å². The molecular formula is C9H15NO4S. The molecule has 0 saturated heterocycles. The smallest absolute Gasteiger partial charge is 0.313 e. The van der Waals surface area contributed by atoms with Crippen LogP contribution in [0.5, 0.6) is 0 Å². The number of thioether (sulfide) groups is 1. The Balaban J connectivity index is 3.47. The molecule has 0 unspecified atom stereocenters. The van der Waals surface area contributed by atoms with E-state index in [0.717, 1.165) is 11.8 Å². The predicted octanol–water partition coefficient (Wildman–Crippen LogP) is 0.335. The second-order valence-corrected chi connectivity index (χ2v) is 3.83. The van der Waals surface area contributed by atoms with Crippen molar-refractivity contribution >= 4 is 28.8 Å². The lowest BCUT2D eigenvalue weighted by Crippen LogP contribution is -2.25. The monoisotopic (exact) mass is 233 g/mol. The average Bonchev–Trinajstić information content (AvgIpc) is 2.23. The summed E-state index contributed by atoms with van der Waals surface area (Å²) in [5.74, 6) is -0.109. The molecule has 0 fully saturated rings. The van der Waals surface area contributed by atoms with Crippen LogP contribution in [-0.2, 0) is 19.1 Å². The van der Waals surface area contributed by atoms with E-state index < -0.39 is 5.97 Å². The third-order valence-corrected chi connectivity index (χ3v) is 2.40. The van der Waals surface area contributed by atoms with Gasteiger partial charge in [0.25, 0.3) is 0 Å². The minimum atomic E-state index is -0.537. The Hall–Kier alpha value is -1.04. The molecule has 0 aliphatic rings. The molecule has 0 atom stereocenters. The van der Waals surface area contributed by atoms with Crippen molar-refractivity contribution in [1.29, 1.82) is 0 Å². The SMILES string of the molecule is CCC(=O)NCCSC(=O)CC(=O)OC. The van der Waals surface area contributed by atoms with E-state index in [9.17, 15) is 14.4 Å². The van der Waals surface area contributed by atoms with Crippen LogP contribution in [0.2, 0.25) is 0 Å². The Morgan fingerprint density at radius 3 is 2.53 bits per heavy atom. The fraction of sp³-hybridized carbons (Fsp3) is 0.667. The third-order valence-electron chi connectivity index (χ3n) is 1.52. The number of ether oxygens (including phenoxy) is 1. The number of carbonyl (C=O) groups is 3. The van der Waals surface area contributed by atoms with Crippen LogP contribution in [0.4, 0.5) is 0 Å². The maximum atomic E-state index is 11.1. The fourth-order valence-corrected chi connectivity index (χ4v) is 1.37. The number of methoxy groups -OCH3 is 1. The van der Waals surface area contributed by atoms with Crippen molar-refractivity contribution in [3.63, 3.8) is 0 Å². The van der Waals surface area contributed by atoms with Gasteiger partial charge in [0.1, 0.15) is 6.42 Å². The van der Waals surface area contributed by atoms with E-state index in [0.29, 0.717) is 18.7 Å². The van der Waals surface area contributed by atoms with E-state index in [4.69, 9.17) is 0 Å². The van der Waals surface area contributed by atoms with E-state index in [1.54, 1.807) is 6.92 Å². The summed E-state index contributed by atoms with van der Waals surface area (Å²) >= 11 is 1.02. The molecular weight excluding hydrogens is 218 g/mol. The second-order valence-electron chi connectivity index (χ2n) is 2.68. The van der Waals surface area contributed by atoms with E-state index in [2.05, 4.69) is 10.1 Å². The molecule has 0 aromatic heterocycles. The first-order valence-corrected chi connectivity index (χ1v) is 5.57. The molecule has 0 radical (unpaired) electrons. The van der Waals surface area contributed by atoms with Gasteiger partial charge >= 0.3 is 5.97 Å². The number of esters is 1.